The first-order valence-electron chi connectivity index (χ1n) is 8.85. The van der Waals surface area contributed by atoms with Gasteiger partial charge in [-0.05, 0) is 56.5 Å². The average Bonchev–Trinajstić information content (AvgIpc) is 2.79. The van der Waals surface area contributed by atoms with Crippen molar-refractivity contribution in [2.75, 3.05) is 19.6 Å². The van der Waals surface area contributed by atoms with Crippen molar-refractivity contribution in [3.8, 4) is 0 Å². The lowest BCUT2D eigenvalue weighted by molar-refractivity contribution is -0.157. The molecule has 0 aromatic heterocycles. The van der Waals surface area contributed by atoms with Crippen molar-refractivity contribution in [1.29, 1.82) is 0 Å². The summed E-state index contributed by atoms with van der Waals surface area (Å²) in [5.74, 6) is 0.762. The van der Waals surface area contributed by atoms with Gasteiger partial charge in [-0.1, -0.05) is 27.2 Å². The van der Waals surface area contributed by atoms with E-state index < -0.39 is 0 Å². The van der Waals surface area contributed by atoms with E-state index in [1.807, 2.05) is 0 Å². The zero-order valence-corrected chi connectivity index (χ0v) is 14.0. The molecule has 0 radical (unpaired) electrons. The quantitative estimate of drug-likeness (QED) is 0.741. The van der Waals surface area contributed by atoms with Gasteiger partial charge in [0.2, 0.25) is 0 Å². The smallest absolute Gasteiger partial charge is 0.307 e. The maximum absolute atomic E-state index is 12.2. The molecule has 1 saturated heterocycles. The summed E-state index contributed by atoms with van der Waals surface area (Å²) in [7, 11) is 0. The molecule has 0 aromatic rings. The predicted octanol–water partition coefficient (Wildman–Crippen LogP) is 3.62. The van der Waals surface area contributed by atoms with Crippen molar-refractivity contribution in [2.45, 2.75) is 71.8 Å². The minimum absolute atomic E-state index is 0.0233. The Kier molecular flexibility index (Phi) is 4.06. The van der Waals surface area contributed by atoms with Crippen molar-refractivity contribution in [2.24, 2.45) is 16.7 Å². The van der Waals surface area contributed by atoms with E-state index in [2.05, 4.69) is 25.7 Å². The number of hydrogen-bond acceptors (Lipinski definition) is 3. The molecule has 3 atom stereocenters. The molecule has 3 heteroatoms. The SMILES string of the molecule is CC1(C)[C@H]2CC[C@]1(C)[C@@H](OC(=O)CCN1CCCCC1)C2. The molecule has 1 aliphatic heterocycles. The standard InChI is InChI=1S/C18H31NO2/c1-17(2)14-7-9-18(17,3)15(13-14)21-16(20)8-12-19-10-5-4-6-11-19/h14-15H,4-13H2,1-3H3/t14-,15-,18+/m0/s1. The highest BCUT2D eigenvalue weighted by atomic mass is 16.5. The first-order chi connectivity index (χ1) is 9.93. The number of rotatable bonds is 4. The minimum atomic E-state index is 0.0233. The Hall–Kier alpha value is -0.570. The maximum Gasteiger partial charge on any atom is 0.307 e. The van der Waals surface area contributed by atoms with Crippen LogP contribution in [0.25, 0.3) is 0 Å². The summed E-state index contributed by atoms with van der Waals surface area (Å²) in [6, 6.07) is 0. The van der Waals surface area contributed by atoms with E-state index in [-0.39, 0.29) is 17.5 Å². The minimum Gasteiger partial charge on any atom is -0.462 e. The summed E-state index contributed by atoms with van der Waals surface area (Å²) < 4.78 is 5.91. The molecule has 2 aliphatic carbocycles. The van der Waals surface area contributed by atoms with Crippen LogP contribution in [0.5, 0.6) is 0 Å². The van der Waals surface area contributed by atoms with Gasteiger partial charge in [-0.25, -0.2) is 0 Å². The lowest BCUT2D eigenvalue weighted by Crippen LogP contribution is -2.39. The fourth-order valence-corrected chi connectivity index (χ4v) is 4.96. The van der Waals surface area contributed by atoms with E-state index in [9.17, 15) is 4.79 Å². The Balaban J connectivity index is 1.49. The average molecular weight is 293 g/mol. The van der Waals surface area contributed by atoms with Crippen molar-refractivity contribution in [3.63, 3.8) is 0 Å². The highest BCUT2D eigenvalue weighted by molar-refractivity contribution is 5.70. The first-order valence-corrected chi connectivity index (χ1v) is 8.85. The Bertz CT molecular complexity index is 400. The van der Waals surface area contributed by atoms with Gasteiger partial charge < -0.3 is 9.64 Å². The van der Waals surface area contributed by atoms with Crippen LogP contribution in [0.2, 0.25) is 0 Å². The molecule has 3 fully saturated rings. The molecule has 21 heavy (non-hydrogen) atoms. The van der Waals surface area contributed by atoms with Crippen LogP contribution in [0.3, 0.4) is 0 Å². The van der Waals surface area contributed by atoms with E-state index in [1.165, 1.54) is 32.1 Å². The van der Waals surface area contributed by atoms with Crippen LogP contribution in [0.1, 0.15) is 65.7 Å². The fourth-order valence-electron chi connectivity index (χ4n) is 4.96. The molecular weight excluding hydrogens is 262 g/mol. The summed E-state index contributed by atoms with van der Waals surface area (Å²) in [6.45, 7) is 10.3. The molecule has 0 amide bonds. The van der Waals surface area contributed by atoms with E-state index in [0.29, 0.717) is 11.8 Å². The summed E-state index contributed by atoms with van der Waals surface area (Å²) >= 11 is 0. The lowest BCUT2D eigenvalue weighted by Gasteiger charge is -2.38. The van der Waals surface area contributed by atoms with Gasteiger partial charge in [0, 0.05) is 12.0 Å². The van der Waals surface area contributed by atoms with Crippen LogP contribution in [0, 0.1) is 16.7 Å². The van der Waals surface area contributed by atoms with Crippen molar-refractivity contribution in [1.82, 2.24) is 4.90 Å². The predicted molar refractivity (Wildman–Crippen MR) is 84.0 cm³/mol. The van der Waals surface area contributed by atoms with E-state index >= 15 is 0 Å². The second kappa shape index (κ2) is 5.57. The third-order valence-corrected chi connectivity index (χ3v) is 7.07. The molecule has 0 unspecified atom stereocenters. The van der Waals surface area contributed by atoms with Gasteiger partial charge in [-0.15, -0.1) is 0 Å². The van der Waals surface area contributed by atoms with Gasteiger partial charge in [0.05, 0.1) is 6.42 Å². The molecule has 3 nitrogen and oxygen atoms in total. The van der Waals surface area contributed by atoms with Crippen LogP contribution in [0.15, 0.2) is 0 Å². The highest BCUT2D eigenvalue weighted by Gasteiger charge is 2.62. The van der Waals surface area contributed by atoms with Crippen LogP contribution in [-0.2, 0) is 9.53 Å². The third kappa shape index (κ3) is 2.62. The molecule has 3 aliphatic rings. The molecule has 3 rings (SSSR count). The van der Waals surface area contributed by atoms with E-state index in [4.69, 9.17) is 4.74 Å². The molecular formula is C18H31NO2. The number of piperidine rings is 1. The zero-order valence-electron chi connectivity index (χ0n) is 14.0. The van der Waals surface area contributed by atoms with Crippen molar-refractivity contribution >= 4 is 5.97 Å². The van der Waals surface area contributed by atoms with Gasteiger partial charge in [-0.2, -0.15) is 0 Å². The highest BCUT2D eigenvalue weighted by Crippen LogP contribution is 2.66. The van der Waals surface area contributed by atoms with Gasteiger partial charge in [0.25, 0.3) is 0 Å². The van der Waals surface area contributed by atoms with Crippen LogP contribution in [0.4, 0.5) is 0 Å². The largest absolute Gasteiger partial charge is 0.462 e. The number of nitrogens with zero attached hydrogens (tertiary/aromatic N) is 1. The van der Waals surface area contributed by atoms with Gasteiger partial charge in [0.15, 0.2) is 0 Å². The first kappa shape index (κ1) is 15.3. The van der Waals surface area contributed by atoms with Crippen molar-refractivity contribution < 1.29 is 9.53 Å². The molecule has 2 bridgehead atoms. The third-order valence-electron chi connectivity index (χ3n) is 7.07. The van der Waals surface area contributed by atoms with Gasteiger partial charge >= 0.3 is 5.97 Å². The van der Waals surface area contributed by atoms with Crippen molar-refractivity contribution in [3.05, 3.63) is 0 Å². The summed E-state index contributed by atoms with van der Waals surface area (Å²) in [5, 5.41) is 0. The monoisotopic (exact) mass is 293 g/mol. The van der Waals surface area contributed by atoms with E-state index in [1.54, 1.807) is 0 Å². The topological polar surface area (TPSA) is 29.5 Å². The van der Waals surface area contributed by atoms with Crippen LogP contribution < -0.4 is 0 Å². The number of carbonyl (C=O) groups is 1. The maximum atomic E-state index is 12.2. The Morgan fingerprint density at radius 2 is 1.90 bits per heavy atom. The number of likely N-dealkylation sites (tertiary alicyclic amines) is 1. The molecule has 1 heterocycles. The normalized spacial score (nSPS) is 38.6. The molecule has 2 saturated carbocycles. The van der Waals surface area contributed by atoms with Crippen LogP contribution >= 0.6 is 0 Å². The number of esters is 1. The number of hydrogen-bond donors (Lipinski definition) is 0. The van der Waals surface area contributed by atoms with E-state index in [0.717, 1.165) is 32.0 Å². The summed E-state index contributed by atoms with van der Waals surface area (Å²) in [6.07, 6.45) is 8.24. The second-order valence-electron chi connectivity index (χ2n) is 8.24. The molecule has 0 N–H and O–H groups in total. The number of fused-ring (bicyclic) bond motifs is 2. The zero-order chi connectivity index (χ0) is 15.1. The Morgan fingerprint density at radius 3 is 2.48 bits per heavy atom. The van der Waals surface area contributed by atoms with Gasteiger partial charge in [0.1, 0.15) is 6.10 Å². The molecule has 120 valence electrons. The summed E-state index contributed by atoms with van der Waals surface area (Å²) in [5.41, 5.74) is 0.517. The summed E-state index contributed by atoms with van der Waals surface area (Å²) in [4.78, 5) is 14.6. The fraction of sp³-hybridized carbons (Fsp3) is 0.944. The van der Waals surface area contributed by atoms with Gasteiger partial charge in [-0.3, -0.25) is 4.79 Å². The molecule has 0 aromatic carbocycles. The second-order valence-corrected chi connectivity index (χ2v) is 8.24. The number of ether oxygens (including phenoxy) is 1. The molecule has 0 spiro atoms. The Labute approximate surface area is 129 Å². The number of carbonyl (C=O) groups excluding carboxylic acids is 1. The Morgan fingerprint density at radius 1 is 1.19 bits per heavy atom. The van der Waals surface area contributed by atoms with Crippen LogP contribution in [-0.4, -0.2) is 36.6 Å². The lowest BCUT2D eigenvalue weighted by atomic mass is 9.70.